The van der Waals surface area contributed by atoms with E-state index in [9.17, 15) is 4.79 Å². The highest BCUT2D eigenvalue weighted by molar-refractivity contribution is 5.89. The summed E-state index contributed by atoms with van der Waals surface area (Å²) in [6, 6.07) is 9.32. The molecule has 1 saturated heterocycles. The summed E-state index contributed by atoms with van der Waals surface area (Å²) in [6.45, 7) is 10.1. The molecule has 1 aliphatic heterocycles. The van der Waals surface area contributed by atoms with Crippen LogP contribution in [0.15, 0.2) is 30.3 Å². The summed E-state index contributed by atoms with van der Waals surface area (Å²) in [5, 5.41) is 6.11. The molecule has 2 N–H and O–H groups in total. The number of aryl methyl sites for hydroxylation is 1. The highest BCUT2D eigenvalue weighted by Crippen LogP contribution is 2.19. The van der Waals surface area contributed by atoms with Crippen molar-refractivity contribution >= 4 is 23.5 Å². The molecule has 2 heterocycles. The Balaban J connectivity index is 1.55. The molecule has 2 aromatic rings. The lowest BCUT2D eigenvalue weighted by atomic mass is 10.3. The van der Waals surface area contributed by atoms with E-state index >= 15 is 0 Å². The van der Waals surface area contributed by atoms with Crippen molar-refractivity contribution in [2.75, 3.05) is 54.9 Å². The fraction of sp³-hybridized carbons (Fsp3) is 0.450. The largest absolute Gasteiger partial charge is 0.494 e. The third-order valence-corrected chi connectivity index (χ3v) is 4.48. The van der Waals surface area contributed by atoms with Crippen LogP contribution in [0.4, 0.5) is 22.2 Å². The maximum atomic E-state index is 12.5. The van der Waals surface area contributed by atoms with Gasteiger partial charge in [0, 0.05) is 50.2 Å². The Morgan fingerprint density at radius 1 is 1.11 bits per heavy atom. The van der Waals surface area contributed by atoms with E-state index in [1.165, 1.54) is 0 Å². The number of aromatic nitrogens is 2. The number of rotatable bonds is 6. The van der Waals surface area contributed by atoms with Gasteiger partial charge in [0.1, 0.15) is 11.6 Å². The molecule has 1 aliphatic rings. The average molecular weight is 384 g/mol. The molecule has 0 atom stereocenters. The van der Waals surface area contributed by atoms with Gasteiger partial charge in [-0.15, -0.1) is 0 Å². The van der Waals surface area contributed by atoms with Gasteiger partial charge in [0.2, 0.25) is 5.95 Å². The molecule has 0 unspecified atom stereocenters. The highest BCUT2D eigenvalue weighted by atomic mass is 16.5. The minimum absolute atomic E-state index is 0.0870. The molecule has 0 radical (unpaired) electrons. The standard InChI is InChI=1S/C20H28N6O2/c1-4-21-19-22-15(3)14-18(24-19)25-10-12-26(13-11-25)20(27)23-16-6-8-17(9-7-16)28-5-2/h6-9,14H,4-5,10-13H2,1-3H3,(H,23,27)(H,21,22,24). The number of nitrogens with one attached hydrogen (secondary N) is 2. The Labute approximate surface area is 165 Å². The lowest BCUT2D eigenvalue weighted by Gasteiger charge is -2.35. The third-order valence-electron chi connectivity index (χ3n) is 4.48. The maximum absolute atomic E-state index is 12.5. The Morgan fingerprint density at radius 2 is 1.82 bits per heavy atom. The van der Waals surface area contributed by atoms with E-state index in [0.29, 0.717) is 25.6 Å². The number of hydrogen-bond acceptors (Lipinski definition) is 6. The van der Waals surface area contributed by atoms with Crippen LogP contribution in [0, 0.1) is 6.92 Å². The van der Waals surface area contributed by atoms with Crippen molar-refractivity contribution in [1.82, 2.24) is 14.9 Å². The number of carbonyl (C=O) groups excluding carboxylic acids is 1. The van der Waals surface area contributed by atoms with E-state index < -0.39 is 0 Å². The predicted octanol–water partition coefficient (Wildman–Crippen LogP) is 2.97. The number of anilines is 3. The van der Waals surface area contributed by atoms with Gasteiger partial charge >= 0.3 is 6.03 Å². The molecule has 150 valence electrons. The molecule has 2 amide bonds. The summed E-state index contributed by atoms with van der Waals surface area (Å²) >= 11 is 0. The molecular weight excluding hydrogens is 356 g/mol. The number of hydrogen-bond donors (Lipinski definition) is 2. The molecule has 8 nitrogen and oxygen atoms in total. The normalized spacial score (nSPS) is 14.0. The van der Waals surface area contributed by atoms with Crippen molar-refractivity contribution in [2.24, 2.45) is 0 Å². The second-order valence-corrected chi connectivity index (χ2v) is 6.58. The third kappa shape index (κ3) is 5.03. The molecule has 8 heteroatoms. The lowest BCUT2D eigenvalue weighted by Crippen LogP contribution is -2.50. The molecule has 0 bridgehead atoms. The van der Waals surface area contributed by atoms with Crippen LogP contribution in [-0.2, 0) is 0 Å². The summed E-state index contributed by atoms with van der Waals surface area (Å²) in [5.74, 6) is 2.34. The van der Waals surface area contributed by atoms with Crippen LogP contribution < -0.4 is 20.3 Å². The zero-order valence-corrected chi connectivity index (χ0v) is 16.7. The van der Waals surface area contributed by atoms with Crippen molar-refractivity contribution in [1.29, 1.82) is 0 Å². The van der Waals surface area contributed by atoms with Crippen molar-refractivity contribution in [2.45, 2.75) is 20.8 Å². The molecule has 1 aromatic carbocycles. The molecular formula is C20H28N6O2. The summed E-state index contributed by atoms with van der Waals surface area (Å²) in [4.78, 5) is 25.5. The molecule has 0 saturated carbocycles. The number of piperazine rings is 1. The second kappa shape index (κ2) is 9.25. The number of amides is 2. The van der Waals surface area contributed by atoms with E-state index in [1.54, 1.807) is 0 Å². The fourth-order valence-corrected chi connectivity index (χ4v) is 3.09. The van der Waals surface area contributed by atoms with E-state index in [4.69, 9.17) is 4.74 Å². The molecule has 0 aliphatic carbocycles. The Morgan fingerprint density at radius 3 is 2.46 bits per heavy atom. The maximum Gasteiger partial charge on any atom is 0.321 e. The summed E-state index contributed by atoms with van der Waals surface area (Å²) in [7, 11) is 0. The first-order valence-electron chi connectivity index (χ1n) is 9.72. The predicted molar refractivity (Wildman–Crippen MR) is 111 cm³/mol. The fourth-order valence-electron chi connectivity index (χ4n) is 3.09. The number of nitrogens with zero attached hydrogens (tertiary/aromatic N) is 4. The monoisotopic (exact) mass is 384 g/mol. The van der Waals surface area contributed by atoms with Gasteiger partial charge in [-0.2, -0.15) is 4.98 Å². The summed E-state index contributed by atoms with van der Waals surface area (Å²) in [5.41, 5.74) is 1.69. The van der Waals surface area contributed by atoms with Gasteiger partial charge in [-0.3, -0.25) is 0 Å². The zero-order valence-electron chi connectivity index (χ0n) is 16.7. The van der Waals surface area contributed by atoms with Crippen molar-refractivity contribution in [3.63, 3.8) is 0 Å². The highest BCUT2D eigenvalue weighted by Gasteiger charge is 2.22. The zero-order chi connectivity index (χ0) is 19.9. The van der Waals surface area contributed by atoms with Crippen molar-refractivity contribution < 1.29 is 9.53 Å². The van der Waals surface area contributed by atoms with Crippen LogP contribution in [0.3, 0.4) is 0 Å². The average Bonchev–Trinajstić information content (AvgIpc) is 2.69. The van der Waals surface area contributed by atoms with Crippen LogP contribution in [0.5, 0.6) is 5.75 Å². The summed E-state index contributed by atoms with van der Waals surface area (Å²) < 4.78 is 5.42. The number of ether oxygens (including phenoxy) is 1. The Kier molecular flexibility index (Phi) is 6.52. The summed E-state index contributed by atoms with van der Waals surface area (Å²) in [6.07, 6.45) is 0. The SMILES string of the molecule is CCNc1nc(C)cc(N2CCN(C(=O)Nc3ccc(OCC)cc3)CC2)n1. The molecule has 3 rings (SSSR count). The van der Waals surface area contributed by atoms with E-state index in [0.717, 1.165) is 42.6 Å². The molecule has 1 aromatic heterocycles. The second-order valence-electron chi connectivity index (χ2n) is 6.58. The van der Waals surface area contributed by atoms with Crippen LogP contribution in [-0.4, -0.2) is 60.2 Å². The van der Waals surface area contributed by atoms with Crippen molar-refractivity contribution in [3.05, 3.63) is 36.0 Å². The molecule has 1 fully saturated rings. The number of carbonyl (C=O) groups is 1. The van der Waals surface area contributed by atoms with Gasteiger partial charge in [-0.05, 0) is 45.0 Å². The minimum Gasteiger partial charge on any atom is -0.494 e. The van der Waals surface area contributed by atoms with Gasteiger partial charge in [0.15, 0.2) is 0 Å². The Bertz CT molecular complexity index is 788. The van der Waals surface area contributed by atoms with Crippen molar-refractivity contribution in [3.8, 4) is 5.75 Å². The van der Waals surface area contributed by atoms with E-state index in [1.807, 2.05) is 56.0 Å². The van der Waals surface area contributed by atoms with Gasteiger partial charge in [-0.1, -0.05) is 0 Å². The topological polar surface area (TPSA) is 82.6 Å². The minimum atomic E-state index is -0.0870. The quantitative estimate of drug-likeness (QED) is 0.797. The van der Waals surface area contributed by atoms with Crippen LogP contribution in [0.2, 0.25) is 0 Å². The first-order chi connectivity index (χ1) is 13.6. The lowest BCUT2D eigenvalue weighted by molar-refractivity contribution is 0.208. The van der Waals surface area contributed by atoms with Crippen LogP contribution in [0.25, 0.3) is 0 Å². The van der Waals surface area contributed by atoms with Gasteiger partial charge < -0.3 is 25.2 Å². The molecule has 0 spiro atoms. The number of benzene rings is 1. The van der Waals surface area contributed by atoms with E-state index in [-0.39, 0.29) is 6.03 Å². The molecule has 28 heavy (non-hydrogen) atoms. The van der Waals surface area contributed by atoms with Gasteiger partial charge in [-0.25, -0.2) is 9.78 Å². The number of urea groups is 1. The van der Waals surface area contributed by atoms with Gasteiger partial charge in [0.25, 0.3) is 0 Å². The Hall–Kier alpha value is -3.03. The van der Waals surface area contributed by atoms with E-state index in [2.05, 4.69) is 25.5 Å². The smallest absolute Gasteiger partial charge is 0.321 e. The first-order valence-corrected chi connectivity index (χ1v) is 9.72. The van der Waals surface area contributed by atoms with Crippen LogP contribution >= 0.6 is 0 Å². The van der Waals surface area contributed by atoms with Crippen LogP contribution in [0.1, 0.15) is 19.5 Å². The van der Waals surface area contributed by atoms with Gasteiger partial charge in [0.05, 0.1) is 6.61 Å². The first kappa shape index (κ1) is 19.7.